The molecule has 1 unspecified atom stereocenters. The largest absolute Gasteiger partial charge is 0.493 e. The first-order valence-electron chi connectivity index (χ1n) is 8.40. The summed E-state index contributed by atoms with van der Waals surface area (Å²) in [5.41, 5.74) is 3.06. The van der Waals surface area contributed by atoms with E-state index in [2.05, 4.69) is 15.1 Å². The van der Waals surface area contributed by atoms with Gasteiger partial charge in [0.25, 0.3) is 0 Å². The van der Waals surface area contributed by atoms with E-state index in [0.717, 1.165) is 36.5 Å². The summed E-state index contributed by atoms with van der Waals surface area (Å²) < 4.78 is 16.3. The van der Waals surface area contributed by atoms with Gasteiger partial charge in [0.15, 0.2) is 11.5 Å². The fraction of sp³-hybridized carbons (Fsp3) is 0.500. The fourth-order valence-electron chi connectivity index (χ4n) is 3.12. The number of methoxy groups -OCH3 is 2. The maximum absolute atomic E-state index is 9.45. The number of aromatic amines is 1. The zero-order chi connectivity index (χ0) is 17.6. The summed E-state index contributed by atoms with van der Waals surface area (Å²) in [7, 11) is 3.25. The van der Waals surface area contributed by atoms with Gasteiger partial charge in [0.1, 0.15) is 0 Å². The lowest BCUT2D eigenvalue weighted by Crippen LogP contribution is -2.31. The van der Waals surface area contributed by atoms with E-state index in [1.54, 1.807) is 14.2 Å². The first kappa shape index (κ1) is 17.7. The van der Waals surface area contributed by atoms with Crippen LogP contribution in [0.3, 0.4) is 0 Å². The molecule has 7 nitrogen and oxygen atoms in total. The number of aliphatic hydroxyl groups excluding tert-OH is 1. The van der Waals surface area contributed by atoms with Gasteiger partial charge in [-0.15, -0.1) is 0 Å². The Hall–Kier alpha value is -2.09. The number of benzene rings is 1. The van der Waals surface area contributed by atoms with Gasteiger partial charge in [-0.05, 0) is 18.2 Å². The van der Waals surface area contributed by atoms with Crippen molar-refractivity contribution in [2.45, 2.75) is 6.54 Å². The van der Waals surface area contributed by atoms with Crippen LogP contribution in [0, 0.1) is 5.92 Å². The fourth-order valence-corrected chi connectivity index (χ4v) is 3.12. The minimum atomic E-state index is 0.143. The van der Waals surface area contributed by atoms with E-state index >= 15 is 0 Å². The van der Waals surface area contributed by atoms with Crippen molar-refractivity contribution in [1.82, 2.24) is 15.1 Å². The van der Waals surface area contributed by atoms with E-state index < -0.39 is 0 Å². The van der Waals surface area contributed by atoms with Gasteiger partial charge >= 0.3 is 0 Å². The zero-order valence-electron chi connectivity index (χ0n) is 14.7. The van der Waals surface area contributed by atoms with Crippen LogP contribution >= 0.6 is 0 Å². The maximum Gasteiger partial charge on any atom is 0.161 e. The Kier molecular flexibility index (Phi) is 5.91. The van der Waals surface area contributed by atoms with Crippen LogP contribution in [0.5, 0.6) is 11.5 Å². The quantitative estimate of drug-likeness (QED) is 0.825. The molecule has 0 bridgehead atoms. The second-order valence-electron chi connectivity index (χ2n) is 6.20. The number of nitrogens with one attached hydrogen (secondary N) is 1. The lowest BCUT2D eigenvalue weighted by atomic mass is 10.1. The van der Waals surface area contributed by atoms with E-state index in [-0.39, 0.29) is 12.5 Å². The predicted octanol–water partition coefficient (Wildman–Crippen LogP) is 1.53. The molecule has 1 aromatic carbocycles. The molecule has 1 atom stereocenters. The van der Waals surface area contributed by atoms with E-state index in [0.29, 0.717) is 24.7 Å². The second-order valence-corrected chi connectivity index (χ2v) is 6.20. The smallest absolute Gasteiger partial charge is 0.161 e. The Balaban J connectivity index is 1.80. The molecule has 0 aliphatic carbocycles. The highest BCUT2D eigenvalue weighted by Gasteiger charge is 2.20. The topological polar surface area (TPSA) is 79.8 Å². The van der Waals surface area contributed by atoms with Gasteiger partial charge < -0.3 is 19.3 Å². The van der Waals surface area contributed by atoms with Crippen molar-refractivity contribution in [3.05, 3.63) is 30.0 Å². The van der Waals surface area contributed by atoms with Crippen LogP contribution in [0.4, 0.5) is 0 Å². The van der Waals surface area contributed by atoms with Gasteiger partial charge in [-0.2, -0.15) is 5.10 Å². The molecule has 25 heavy (non-hydrogen) atoms. The number of hydrogen-bond donors (Lipinski definition) is 2. The standard InChI is InChI=1S/C18H25N3O4/c1-23-16-4-3-14(7-17(16)24-2)18-15(8-19-20-18)10-21-5-6-25-12-13(9-21)11-22/h3-4,7-8,13,22H,5-6,9-12H2,1-2H3,(H,19,20). The average molecular weight is 347 g/mol. The molecule has 1 saturated heterocycles. The summed E-state index contributed by atoms with van der Waals surface area (Å²) in [6.07, 6.45) is 1.85. The van der Waals surface area contributed by atoms with Crippen molar-refractivity contribution in [3.63, 3.8) is 0 Å². The Labute approximate surface area is 147 Å². The SMILES string of the molecule is COc1ccc(-c2[nH]ncc2CN2CCOCC(CO)C2)cc1OC. The molecule has 0 radical (unpaired) electrons. The van der Waals surface area contributed by atoms with E-state index in [9.17, 15) is 5.11 Å². The first-order valence-corrected chi connectivity index (χ1v) is 8.40. The zero-order valence-corrected chi connectivity index (χ0v) is 14.7. The molecule has 1 aliphatic heterocycles. The number of nitrogens with zero attached hydrogens (tertiary/aromatic N) is 2. The molecule has 2 aromatic rings. The van der Waals surface area contributed by atoms with Gasteiger partial charge in [-0.1, -0.05) is 0 Å². The Bertz CT molecular complexity index is 689. The number of aliphatic hydroxyl groups is 1. The molecule has 7 heteroatoms. The van der Waals surface area contributed by atoms with Crippen LogP contribution in [0.15, 0.2) is 24.4 Å². The molecule has 0 saturated carbocycles. The molecule has 2 heterocycles. The van der Waals surface area contributed by atoms with E-state index in [1.165, 1.54) is 0 Å². The van der Waals surface area contributed by atoms with Crippen molar-refractivity contribution < 1.29 is 19.3 Å². The van der Waals surface area contributed by atoms with Gasteiger partial charge in [0.2, 0.25) is 0 Å². The van der Waals surface area contributed by atoms with Gasteiger partial charge in [0, 0.05) is 43.3 Å². The van der Waals surface area contributed by atoms with Crippen molar-refractivity contribution in [1.29, 1.82) is 0 Å². The summed E-state index contributed by atoms with van der Waals surface area (Å²) >= 11 is 0. The molecule has 3 rings (SSSR count). The Morgan fingerprint density at radius 1 is 1.32 bits per heavy atom. The minimum Gasteiger partial charge on any atom is -0.493 e. The normalized spacial score (nSPS) is 18.8. The van der Waals surface area contributed by atoms with Crippen molar-refractivity contribution >= 4 is 0 Å². The van der Waals surface area contributed by atoms with Crippen molar-refractivity contribution in [2.24, 2.45) is 5.92 Å². The van der Waals surface area contributed by atoms with Crippen LogP contribution in [0.2, 0.25) is 0 Å². The van der Waals surface area contributed by atoms with Crippen LogP contribution < -0.4 is 9.47 Å². The van der Waals surface area contributed by atoms with Crippen LogP contribution in [0.1, 0.15) is 5.56 Å². The lowest BCUT2D eigenvalue weighted by Gasteiger charge is -2.22. The van der Waals surface area contributed by atoms with E-state index in [4.69, 9.17) is 14.2 Å². The molecule has 136 valence electrons. The summed E-state index contributed by atoms with van der Waals surface area (Å²) in [5.74, 6) is 1.53. The lowest BCUT2D eigenvalue weighted by molar-refractivity contribution is 0.0958. The number of rotatable bonds is 6. The highest BCUT2D eigenvalue weighted by Crippen LogP contribution is 2.33. The summed E-state index contributed by atoms with van der Waals surface area (Å²) in [6.45, 7) is 3.84. The molecular weight excluding hydrogens is 322 g/mol. The molecule has 1 aromatic heterocycles. The highest BCUT2D eigenvalue weighted by molar-refractivity contribution is 5.66. The summed E-state index contributed by atoms with van der Waals surface area (Å²) in [4.78, 5) is 2.29. The summed E-state index contributed by atoms with van der Waals surface area (Å²) in [5, 5.41) is 16.8. The monoisotopic (exact) mass is 347 g/mol. The highest BCUT2D eigenvalue weighted by atomic mass is 16.5. The Morgan fingerprint density at radius 3 is 2.92 bits per heavy atom. The molecule has 1 fully saturated rings. The van der Waals surface area contributed by atoms with Crippen LogP contribution in [-0.4, -0.2) is 67.3 Å². The van der Waals surface area contributed by atoms with Crippen LogP contribution in [-0.2, 0) is 11.3 Å². The second kappa shape index (κ2) is 8.33. The molecule has 1 aliphatic rings. The van der Waals surface area contributed by atoms with Gasteiger partial charge in [-0.3, -0.25) is 10.00 Å². The molecule has 0 amide bonds. The maximum atomic E-state index is 9.45. The Morgan fingerprint density at radius 2 is 2.16 bits per heavy atom. The van der Waals surface area contributed by atoms with Gasteiger partial charge in [-0.25, -0.2) is 0 Å². The number of hydrogen-bond acceptors (Lipinski definition) is 6. The number of H-pyrrole nitrogens is 1. The third-order valence-electron chi connectivity index (χ3n) is 4.46. The third kappa shape index (κ3) is 4.12. The molecule has 0 spiro atoms. The summed E-state index contributed by atoms with van der Waals surface area (Å²) in [6, 6.07) is 5.82. The molecule has 2 N–H and O–H groups in total. The first-order chi connectivity index (χ1) is 12.2. The van der Waals surface area contributed by atoms with Crippen LogP contribution in [0.25, 0.3) is 11.3 Å². The average Bonchev–Trinajstić information content (AvgIpc) is 2.98. The van der Waals surface area contributed by atoms with E-state index in [1.807, 2.05) is 24.4 Å². The van der Waals surface area contributed by atoms with Gasteiger partial charge in [0.05, 0.1) is 39.3 Å². The van der Waals surface area contributed by atoms with Crippen molar-refractivity contribution in [2.75, 3.05) is 47.1 Å². The number of ether oxygens (including phenoxy) is 3. The third-order valence-corrected chi connectivity index (χ3v) is 4.46. The molecular formula is C18H25N3O4. The van der Waals surface area contributed by atoms with Crippen molar-refractivity contribution in [3.8, 4) is 22.8 Å². The number of aromatic nitrogens is 2. The minimum absolute atomic E-state index is 0.143. The predicted molar refractivity (Wildman–Crippen MR) is 93.8 cm³/mol.